The summed E-state index contributed by atoms with van der Waals surface area (Å²) in [5.41, 5.74) is -0.359. The second-order valence-electron chi connectivity index (χ2n) is 6.11. The van der Waals surface area contributed by atoms with E-state index in [1.165, 1.54) is 39.3 Å². The summed E-state index contributed by atoms with van der Waals surface area (Å²) in [5, 5.41) is 4.29. The van der Waals surface area contributed by atoms with Crippen LogP contribution in [0.3, 0.4) is 0 Å². The number of rotatable bonds is 8. The minimum Gasteiger partial charge on any atom is -0.493 e. The molecule has 8 nitrogen and oxygen atoms in total. The van der Waals surface area contributed by atoms with Crippen LogP contribution in [-0.4, -0.2) is 44.7 Å². The van der Waals surface area contributed by atoms with Gasteiger partial charge in [0.2, 0.25) is 5.91 Å². The molecule has 2 rings (SSSR count). The highest BCUT2D eigenvalue weighted by Gasteiger charge is 2.20. The monoisotopic (exact) mass is 440 g/mol. The van der Waals surface area contributed by atoms with Gasteiger partial charge in [-0.2, -0.15) is 0 Å². The van der Waals surface area contributed by atoms with Crippen LogP contribution < -0.4 is 20.1 Å². The number of esters is 1. The molecule has 11 heteroatoms. The van der Waals surface area contributed by atoms with Crippen LogP contribution in [0.1, 0.15) is 17.3 Å². The average molecular weight is 440 g/mol. The highest BCUT2D eigenvalue weighted by molar-refractivity contribution is 5.95. The fraction of sp³-hybridized carbons (Fsp3) is 0.250. The van der Waals surface area contributed by atoms with Gasteiger partial charge in [0.05, 0.1) is 32.0 Å². The van der Waals surface area contributed by atoms with Gasteiger partial charge in [0.1, 0.15) is 0 Å². The lowest BCUT2D eigenvalue weighted by Gasteiger charge is -2.17. The molecule has 2 aromatic rings. The first-order chi connectivity index (χ1) is 14.7. The van der Waals surface area contributed by atoms with E-state index in [-0.39, 0.29) is 17.1 Å². The Balaban J connectivity index is 1.95. The minimum absolute atomic E-state index is 0.158. The molecule has 0 bridgehead atoms. The van der Waals surface area contributed by atoms with Crippen LogP contribution in [0.4, 0.5) is 18.9 Å². The predicted octanol–water partition coefficient (Wildman–Crippen LogP) is 2.42. The maximum atomic E-state index is 13.6. The largest absolute Gasteiger partial charge is 0.493 e. The Morgan fingerprint density at radius 3 is 2.35 bits per heavy atom. The molecule has 2 N–H and O–H groups in total. The summed E-state index contributed by atoms with van der Waals surface area (Å²) in [6, 6.07) is 5.70. The van der Waals surface area contributed by atoms with Crippen LogP contribution in [0.2, 0.25) is 0 Å². The molecule has 0 aliphatic rings. The Bertz CT molecular complexity index is 999. The van der Waals surface area contributed by atoms with Crippen LogP contribution in [0, 0.1) is 17.5 Å². The van der Waals surface area contributed by atoms with E-state index in [2.05, 4.69) is 10.1 Å². The number of amides is 2. The smallest absolute Gasteiger partial charge is 0.337 e. The maximum Gasteiger partial charge on any atom is 0.337 e. The van der Waals surface area contributed by atoms with Crippen molar-refractivity contribution in [1.29, 1.82) is 0 Å². The number of nitrogens with one attached hydrogen (secondary N) is 2. The van der Waals surface area contributed by atoms with E-state index in [1.54, 1.807) is 0 Å². The second kappa shape index (κ2) is 10.3. The summed E-state index contributed by atoms with van der Waals surface area (Å²) in [6.45, 7) is 0.819. The molecule has 2 aromatic carbocycles. The lowest BCUT2D eigenvalue weighted by Crippen LogP contribution is -2.40. The zero-order valence-corrected chi connectivity index (χ0v) is 16.8. The van der Waals surface area contributed by atoms with Crippen molar-refractivity contribution in [3.63, 3.8) is 0 Å². The van der Waals surface area contributed by atoms with Crippen molar-refractivity contribution in [3.8, 4) is 11.5 Å². The number of carbonyl (C=O) groups excluding carboxylic acids is 3. The average Bonchev–Trinajstić information content (AvgIpc) is 2.77. The molecule has 0 radical (unpaired) electrons. The number of ether oxygens (including phenoxy) is 3. The van der Waals surface area contributed by atoms with Gasteiger partial charge >= 0.3 is 5.97 Å². The van der Waals surface area contributed by atoms with Gasteiger partial charge in [-0.1, -0.05) is 0 Å². The Kier molecular flexibility index (Phi) is 7.83. The van der Waals surface area contributed by atoms with Crippen molar-refractivity contribution < 1.29 is 41.8 Å². The molecule has 0 heterocycles. The molecule has 0 spiro atoms. The third-order valence-corrected chi connectivity index (χ3v) is 3.99. The Labute approximate surface area is 175 Å². The van der Waals surface area contributed by atoms with Gasteiger partial charge in [0.15, 0.2) is 35.1 Å². The van der Waals surface area contributed by atoms with Gasteiger partial charge in [-0.25, -0.2) is 18.0 Å². The fourth-order valence-corrected chi connectivity index (χ4v) is 2.38. The van der Waals surface area contributed by atoms with E-state index in [0.29, 0.717) is 6.07 Å². The number of methoxy groups -OCH3 is 2. The molecule has 0 aliphatic carbocycles. The molecular weight excluding hydrogens is 421 g/mol. The molecule has 0 aliphatic heterocycles. The van der Waals surface area contributed by atoms with Crippen molar-refractivity contribution in [1.82, 2.24) is 5.32 Å². The number of hydrogen-bond acceptors (Lipinski definition) is 6. The number of benzene rings is 2. The Morgan fingerprint density at radius 1 is 1.00 bits per heavy atom. The predicted molar refractivity (Wildman–Crippen MR) is 102 cm³/mol. The quantitative estimate of drug-likeness (QED) is 0.483. The summed E-state index contributed by atoms with van der Waals surface area (Å²) < 4.78 is 54.9. The van der Waals surface area contributed by atoms with E-state index in [4.69, 9.17) is 9.47 Å². The van der Waals surface area contributed by atoms with Crippen LogP contribution in [0.15, 0.2) is 30.3 Å². The van der Waals surface area contributed by atoms with Gasteiger partial charge in [-0.3, -0.25) is 9.59 Å². The first-order valence-electron chi connectivity index (χ1n) is 8.82. The number of carbonyl (C=O) groups is 3. The summed E-state index contributed by atoms with van der Waals surface area (Å²) in [6.07, 6.45) is -1.08. The van der Waals surface area contributed by atoms with Crippen molar-refractivity contribution >= 4 is 23.5 Å². The van der Waals surface area contributed by atoms with Crippen molar-refractivity contribution in [2.75, 3.05) is 26.1 Å². The van der Waals surface area contributed by atoms with Crippen LogP contribution in [-0.2, 0) is 14.3 Å². The summed E-state index contributed by atoms with van der Waals surface area (Å²) in [7, 11) is 2.57. The van der Waals surface area contributed by atoms with Crippen molar-refractivity contribution in [3.05, 3.63) is 53.3 Å². The van der Waals surface area contributed by atoms with E-state index in [9.17, 15) is 27.6 Å². The molecular formula is C20H19F3N2O6. The highest BCUT2D eigenvalue weighted by Crippen LogP contribution is 2.29. The van der Waals surface area contributed by atoms with E-state index in [0.717, 1.165) is 6.07 Å². The van der Waals surface area contributed by atoms with Gasteiger partial charge < -0.3 is 24.8 Å². The van der Waals surface area contributed by atoms with Crippen LogP contribution in [0.25, 0.3) is 0 Å². The van der Waals surface area contributed by atoms with Gasteiger partial charge in [0, 0.05) is 0 Å². The number of hydrogen-bond donors (Lipinski definition) is 2. The minimum atomic E-state index is -1.73. The second-order valence-corrected chi connectivity index (χ2v) is 6.11. The van der Waals surface area contributed by atoms with Crippen molar-refractivity contribution in [2.24, 2.45) is 0 Å². The molecule has 0 aromatic heterocycles. The molecule has 166 valence electrons. The number of anilines is 1. The highest BCUT2D eigenvalue weighted by atomic mass is 19.2. The lowest BCUT2D eigenvalue weighted by atomic mass is 10.2. The number of halogens is 3. The van der Waals surface area contributed by atoms with Gasteiger partial charge in [-0.15, -0.1) is 0 Å². The normalized spacial score (nSPS) is 11.3. The van der Waals surface area contributed by atoms with Gasteiger partial charge in [-0.05, 0) is 37.3 Å². The third kappa shape index (κ3) is 5.87. The maximum absolute atomic E-state index is 13.6. The molecule has 0 saturated carbocycles. The van der Waals surface area contributed by atoms with E-state index < -0.39 is 53.6 Å². The zero-order valence-electron chi connectivity index (χ0n) is 16.8. The van der Waals surface area contributed by atoms with Crippen LogP contribution in [0.5, 0.6) is 11.5 Å². The Hall–Kier alpha value is -3.76. The fourth-order valence-electron chi connectivity index (χ4n) is 2.38. The summed E-state index contributed by atoms with van der Waals surface area (Å²) >= 11 is 0. The molecule has 1 atom stereocenters. The Morgan fingerprint density at radius 2 is 1.71 bits per heavy atom. The standard InChI is InChI=1S/C20H19F3N2O6/c1-10(31-14-7-4-11(20(28)30-3)8-15(14)29-2)19(27)24-9-16(26)25-13-6-5-12(21)17(22)18(13)23/h4-8,10H,9H2,1-3H3,(H,24,27)(H,25,26)/t10-/m0/s1. The zero-order chi connectivity index (χ0) is 23.1. The van der Waals surface area contributed by atoms with Crippen LogP contribution >= 0.6 is 0 Å². The molecule has 0 saturated heterocycles. The van der Waals surface area contributed by atoms with E-state index in [1.807, 2.05) is 5.32 Å². The first kappa shape index (κ1) is 23.5. The molecule has 31 heavy (non-hydrogen) atoms. The van der Waals surface area contributed by atoms with Crippen molar-refractivity contribution in [2.45, 2.75) is 13.0 Å². The molecule has 0 unspecified atom stereocenters. The molecule has 0 fully saturated rings. The first-order valence-corrected chi connectivity index (χ1v) is 8.82. The topological polar surface area (TPSA) is 103 Å². The third-order valence-electron chi connectivity index (χ3n) is 3.99. The SMILES string of the molecule is COC(=O)c1ccc(O[C@@H](C)C(=O)NCC(=O)Nc2ccc(F)c(F)c2F)c(OC)c1. The summed E-state index contributed by atoms with van der Waals surface area (Å²) in [5.74, 6) is -6.50. The summed E-state index contributed by atoms with van der Waals surface area (Å²) in [4.78, 5) is 35.6. The lowest BCUT2D eigenvalue weighted by molar-refractivity contribution is -0.129. The molecule has 2 amide bonds. The van der Waals surface area contributed by atoms with E-state index >= 15 is 0 Å². The van der Waals surface area contributed by atoms with Gasteiger partial charge in [0.25, 0.3) is 5.91 Å².